The molecule has 1 aliphatic carbocycles. The molecule has 3 fully saturated rings. The van der Waals surface area contributed by atoms with Crippen molar-refractivity contribution in [2.24, 2.45) is 16.7 Å². The van der Waals surface area contributed by atoms with Gasteiger partial charge in [-0.3, -0.25) is 24.2 Å². The fourth-order valence-electron chi connectivity index (χ4n) is 5.29. The van der Waals surface area contributed by atoms with Gasteiger partial charge >= 0.3 is 0 Å². The predicted molar refractivity (Wildman–Crippen MR) is 112 cm³/mol. The van der Waals surface area contributed by atoms with E-state index in [4.69, 9.17) is 0 Å². The van der Waals surface area contributed by atoms with E-state index in [0.717, 1.165) is 50.3 Å². The Balaban J connectivity index is 1.39. The number of hydrogen-bond acceptors (Lipinski definition) is 5. The molecule has 0 unspecified atom stereocenters. The zero-order valence-electron chi connectivity index (χ0n) is 17.9. The molecule has 4 rings (SSSR count). The molecule has 0 spiro atoms. The van der Waals surface area contributed by atoms with Crippen LogP contribution in [0.1, 0.15) is 50.9 Å². The molecular formula is C23H31N3O3. The summed E-state index contributed by atoms with van der Waals surface area (Å²) in [4.78, 5) is 43.7. The summed E-state index contributed by atoms with van der Waals surface area (Å²) in [6, 6.07) is 7.72. The van der Waals surface area contributed by atoms with Crippen molar-refractivity contribution in [3.05, 3.63) is 29.8 Å². The lowest BCUT2D eigenvalue weighted by molar-refractivity contribution is -0.170. The maximum atomic E-state index is 13.2. The number of amides is 2. The van der Waals surface area contributed by atoms with Gasteiger partial charge in [0.15, 0.2) is 5.78 Å². The van der Waals surface area contributed by atoms with E-state index in [1.54, 1.807) is 6.92 Å². The summed E-state index contributed by atoms with van der Waals surface area (Å²) in [7, 11) is 0. The molecule has 156 valence electrons. The molecule has 0 aromatic heterocycles. The molecule has 2 atom stereocenters. The Hall–Kier alpha value is -2.21. The van der Waals surface area contributed by atoms with Crippen LogP contribution < -0.4 is 4.90 Å². The molecule has 2 saturated heterocycles. The molecule has 0 radical (unpaired) electrons. The number of piperidine rings is 1. The maximum Gasteiger partial charge on any atom is 0.236 e. The van der Waals surface area contributed by atoms with Crippen LogP contribution >= 0.6 is 0 Å². The molecular weight excluding hydrogens is 366 g/mol. The molecule has 2 bridgehead atoms. The van der Waals surface area contributed by atoms with Gasteiger partial charge in [-0.15, -0.1) is 0 Å². The van der Waals surface area contributed by atoms with Crippen molar-refractivity contribution in [3.8, 4) is 0 Å². The van der Waals surface area contributed by atoms with Crippen LogP contribution in [-0.2, 0) is 9.59 Å². The number of nitrogens with zero attached hydrogens (tertiary/aromatic N) is 3. The quantitative estimate of drug-likeness (QED) is 0.578. The first-order chi connectivity index (χ1) is 13.6. The van der Waals surface area contributed by atoms with Crippen molar-refractivity contribution in [2.75, 3.05) is 37.7 Å². The summed E-state index contributed by atoms with van der Waals surface area (Å²) in [6.07, 6.45) is 1.62. The largest absolute Gasteiger partial charge is 0.369 e. The Morgan fingerprint density at radius 2 is 1.66 bits per heavy atom. The first-order valence-corrected chi connectivity index (χ1v) is 10.6. The molecule has 6 nitrogen and oxygen atoms in total. The van der Waals surface area contributed by atoms with Gasteiger partial charge in [-0.05, 0) is 49.4 Å². The van der Waals surface area contributed by atoms with Gasteiger partial charge in [0.1, 0.15) is 0 Å². The highest BCUT2D eigenvalue weighted by molar-refractivity contribution is 6.03. The third kappa shape index (κ3) is 3.08. The Morgan fingerprint density at radius 1 is 1.03 bits per heavy atom. The molecule has 6 heteroatoms. The van der Waals surface area contributed by atoms with Crippen molar-refractivity contribution < 1.29 is 14.4 Å². The number of Topliss-reactive ketones (excluding diaryl/α,β-unsaturated/α-hetero) is 1. The fraction of sp³-hybridized carbons (Fsp3) is 0.609. The molecule has 2 heterocycles. The number of hydrogen-bond donors (Lipinski definition) is 0. The standard InChI is InChI=1S/C23H31N3O3/c1-16(27)17-5-7-18(8-6-17)25-13-11-24(12-14-25)15-26-20(28)19-9-10-23(4,21(26)29)22(19,2)3/h5-8,19H,9-15H2,1-4H3/t19-,23+/m1/s1. The highest BCUT2D eigenvalue weighted by Gasteiger charge is 2.64. The predicted octanol–water partition coefficient (Wildman–Crippen LogP) is 2.78. The van der Waals surface area contributed by atoms with Crippen LogP contribution in [0.15, 0.2) is 24.3 Å². The number of rotatable bonds is 4. The second-order valence-corrected chi connectivity index (χ2v) is 9.57. The van der Waals surface area contributed by atoms with E-state index in [0.29, 0.717) is 6.67 Å². The molecule has 0 N–H and O–H groups in total. The zero-order valence-corrected chi connectivity index (χ0v) is 17.9. The van der Waals surface area contributed by atoms with Crippen molar-refractivity contribution in [1.29, 1.82) is 0 Å². The lowest BCUT2D eigenvalue weighted by Gasteiger charge is -2.49. The van der Waals surface area contributed by atoms with Crippen LogP contribution in [0.5, 0.6) is 0 Å². The van der Waals surface area contributed by atoms with Crippen molar-refractivity contribution >= 4 is 23.3 Å². The summed E-state index contributed by atoms with van der Waals surface area (Å²) in [6.45, 7) is 11.4. The van der Waals surface area contributed by atoms with Crippen LogP contribution in [0.3, 0.4) is 0 Å². The van der Waals surface area contributed by atoms with E-state index in [1.165, 1.54) is 4.90 Å². The van der Waals surface area contributed by atoms with Gasteiger partial charge in [0.2, 0.25) is 11.8 Å². The second-order valence-electron chi connectivity index (χ2n) is 9.57. The average molecular weight is 398 g/mol. The number of imide groups is 1. The van der Waals surface area contributed by atoms with Crippen LogP contribution in [0.2, 0.25) is 0 Å². The lowest BCUT2D eigenvalue weighted by Crippen LogP contribution is -2.62. The smallest absolute Gasteiger partial charge is 0.236 e. The normalized spacial score (nSPS) is 29.4. The number of carbonyl (C=O) groups is 3. The molecule has 2 amide bonds. The number of anilines is 1. The summed E-state index contributed by atoms with van der Waals surface area (Å²) in [5, 5.41) is 0. The van der Waals surface area contributed by atoms with E-state index in [-0.39, 0.29) is 28.9 Å². The number of ketones is 1. The van der Waals surface area contributed by atoms with Gasteiger partial charge in [0.05, 0.1) is 12.1 Å². The Labute approximate surface area is 172 Å². The monoisotopic (exact) mass is 397 g/mol. The number of carbonyl (C=O) groups excluding carboxylic acids is 3. The number of benzene rings is 1. The minimum absolute atomic E-state index is 0.00324. The summed E-state index contributed by atoms with van der Waals surface area (Å²) >= 11 is 0. The molecule has 1 aromatic carbocycles. The SMILES string of the molecule is CC(=O)c1ccc(N2CCN(CN3C(=O)[C@H]4CC[C@@](C)(C3=O)C4(C)C)CC2)cc1. The van der Waals surface area contributed by atoms with Crippen LogP contribution in [0.4, 0.5) is 5.69 Å². The second kappa shape index (κ2) is 6.94. The zero-order chi connectivity index (χ0) is 21.0. The first-order valence-electron chi connectivity index (χ1n) is 10.6. The Morgan fingerprint density at radius 3 is 2.24 bits per heavy atom. The molecule has 1 saturated carbocycles. The molecule has 3 aliphatic rings. The number of fused-ring (bicyclic) bond motifs is 2. The topological polar surface area (TPSA) is 60.9 Å². The van der Waals surface area contributed by atoms with Crippen molar-refractivity contribution in [3.63, 3.8) is 0 Å². The maximum absolute atomic E-state index is 13.2. The third-order valence-corrected chi connectivity index (χ3v) is 7.86. The van der Waals surface area contributed by atoms with E-state index < -0.39 is 5.41 Å². The van der Waals surface area contributed by atoms with Crippen LogP contribution in [0.25, 0.3) is 0 Å². The highest BCUT2D eigenvalue weighted by atomic mass is 16.2. The van der Waals surface area contributed by atoms with E-state index in [9.17, 15) is 14.4 Å². The minimum Gasteiger partial charge on any atom is -0.369 e. The number of likely N-dealkylation sites (tertiary alicyclic amines) is 1. The average Bonchev–Trinajstić information content (AvgIpc) is 2.89. The minimum atomic E-state index is -0.439. The molecule has 29 heavy (non-hydrogen) atoms. The number of piperazine rings is 1. The molecule has 2 aliphatic heterocycles. The summed E-state index contributed by atoms with van der Waals surface area (Å²) < 4.78 is 0. The summed E-state index contributed by atoms with van der Waals surface area (Å²) in [5.41, 5.74) is 1.13. The van der Waals surface area contributed by atoms with Gasteiger partial charge in [-0.2, -0.15) is 0 Å². The van der Waals surface area contributed by atoms with Gasteiger partial charge in [-0.1, -0.05) is 20.8 Å². The summed E-state index contributed by atoms with van der Waals surface area (Å²) in [5.74, 6) is 0.0371. The van der Waals surface area contributed by atoms with Crippen LogP contribution in [-0.4, -0.2) is 60.2 Å². The van der Waals surface area contributed by atoms with Gasteiger partial charge in [-0.25, -0.2) is 0 Å². The van der Waals surface area contributed by atoms with Crippen molar-refractivity contribution in [2.45, 2.75) is 40.5 Å². The highest BCUT2D eigenvalue weighted by Crippen LogP contribution is 2.60. The Kier molecular flexibility index (Phi) is 4.80. The van der Waals surface area contributed by atoms with Gasteiger partial charge in [0, 0.05) is 43.3 Å². The van der Waals surface area contributed by atoms with Crippen molar-refractivity contribution in [1.82, 2.24) is 9.80 Å². The van der Waals surface area contributed by atoms with E-state index in [2.05, 4.69) is 23.6 Å². The van der Waals surface area contributed by atoms with E-state index in [1.807, 2.05) is 31.2 Å². The van der Waals surface area contributed by atoms with Gasteiger partial charge < -0.3 is 4.90 Å². The Bertz CT molecular complexity index is 839. The lowest BCUT2D eigenvalue weighted by atomic mass is 9.62. The molecule has 1 aromatic rings. The first kappa shape index (κ1) is 20.1. The van der Waals surface area contributed by atoms with E-state index >= 15 is 0 Å². The third-order valence-electron chi connectivity index (χ3n) is 7.86. The van der Waals surface area contributed by atoms with Gasteiger partial charge in [0.25, 0.3) is 0 Å². The fourth-order valence-corrected chi connectivity index (χ4v) is 5.29. The van der Waals surface area contributed by atoms with Crippen LogP contribution in [0, 0.1) is 16.7 Å².